The van der Waals surface area contributed by atoms with Crippen LogP contribution in [-0.4, -0.2) is 70.0 Å². The molecule has 196 valence electrons. The normalized spacial score (nSPS) is 16.1. The second kappa shape index (κ2) is 10.8. The minimum Gasteiger partial charge on any atom is -0.494 e. The van der Waals surface area contributed by atoms with Gasteiger partial charge >= 0.3 is 0 Å². The number of aromatic nitrogens is 4. The molecule has 0 bridgehead atoms. The number of methoxy groups -OCH3 is 1. The van der Waals surface area contributed by atoms with Crippen LogP contribution in [0.2, 0.25) is 0 Å². The molecule has 3 amide bonds. The SMILES string of the molecule is [2H]C([2H])([2H])NC(=O)c1nnc(NC(=O)C2CC2)cc1Nc1cccc(-c2ncc(C(=O)N3CCCC3)cn2)c1OC. The molecule has 3 heterocycles. The molecule has 1 saturated carbocycles. The van der Waals surface area contributed by atoms with E-state index in [4.69, 9.17) is 8.85 Å². The number of nitrogens with one attached hydrogen (secondary N) is 3. The second-order valence-electron chi connectivity index (χ2n) is 9.02. The Hall–Kier alpha value is -4.61. The number of benzene rings is 1. The Morgan fingerprint density at radius 3 is 2.53 bits per heavy atom. The Balaban J connectivity index is 1.45. The third-order valence-electron chi connectivity index (χ3n) is 6.34. The van der Waals surface area contributed by atoms with Gasteiger partial charge in [0.15, 0.2) is 23.1 Å². The van der Waals surface area contributed by atoms with Crippen molar-refractivity contribution in [2.24, 2.45) is 5.92 Å². The number of carbonyl (C=O) groups excluding carboxylic acids is 3. The summed E-state index contributed by atoms with van der Waals surface area (Å²) in [6, 6.07) is 6.50. The molecule has 1 aromatic carbocycles. The average Bonchev–Trinajstić information content (AvgIpc) is 3.66. The quantitative estimate of drug-likeness (QED) is 0.408. The maximum absolute atomic E-state index is 12.8. The lowest BCUT2D eigenvalue weighted by Crippen LogP contribution is -2.27. The molecule has 1 saturated heterocycles. The van der Waals surface area contributed by atoms with E-state index in [1.807, 2.05) is 5.32 Å². The summed E-state index contributed by atoms with van der Waals surface area (Å²) in [5.74, 6) is -0.714. The Morgan fingerprint density at radius 1 is 1.08 bits per heavy atom. The van der Waals surface area contributed by atoms with Crippen molar-refractivity contribution >= 4 is 34.9 Å². The predicted molar refractivity (Wildman–Crippen MR) is 139 cm³/mol. The van der Waals surface area contributed by atoms with Crippen molar-refractivity contribution in [1.82, 2.24) is 30.4 Å². The molecule has 5 rings (SSSR count). The minimum atomic E-state index is -2.76. The lowest BCUT2D eigenvalue weighted by atomic mass is 10.1. The topological polar surface area (TPSA) is 151 Å². The van der Waals surface area contributed by atoms with Crippen LogP contribution < -0.4 is 20.7 Å². The van der Waals surface area contributed by atoms with Gasteiger partial charge in [-0.05, 0) is 37.8 Å². The van der Waals surface area contributed by atoms with Gasteiger partial charge in [0, 0.05) is 48.6 Å². The van der Waals surface area contributed by atoms with Crippen molar-refractivity contribution in [2.45, 2.75) is 25.7 Å². The van der Waals surface area contributed by atoms with Crippen LogP contribution in [0.5, 0.6) is 5.75 Å². The van der Waals surface area contributed by atoms with Gasteiger partial charge in [-0.2, -0.15) is 0 Å². The van der Waals surface area contributed by atoms with E-state index in [1.54, 1.807) is 23.1 Å². The lowest BCUT2D eigenvalue weighted by molar-refractivity contribution is -0.117. The summed E-state index contributed by atoms with van der Waals surface area (Å²) in [7, 11) is 1.45. The number of rotatable bonds is 8. The highest BCUT2D eigenvalue weighted by Crippen LogP contribution is 2.37. The van der Waals surface area contributed by atoms with Crippen LogP contribution in [0.15, 0.2) is 36.7 Å². The van der Waals surface area contributed by atoms with Crippen molar-refractivity contribution in [3.05, 3.63) is 47.9 Å². The fourth-order valence-electron chi connectivity index (χ4n) is 4.21. The van der Waals surface area contributed by atoms with Crippen LogP contribution in [0, 0.1) is 5.92 Å². The van der Waals surface area contributed by atoms with Gasteiger partial charge in [-0.25, -0.2) is 9.97 Å². The number of hydrogen-bond acceptors (Lipinski definition) is 9. The molecular weight excluding hydrogens is 488 g/mol. The van der Waals surface area contributed by atoms with Crippen LogP contribution in [0.25, 0.3) is 11.4 Å². The van der Waals surface area contributed by atoms with Crippen molar-refractivity contribution in [1.29, 1.82) is 0 Å². The maximum Gasteiger partial charge on any atom is 0.273 e. The number of ether oxygens (including phenoxy) is 1. The molecule has 12 heteroatoms. The molecule has 1 aliphatic heterocycles. The Labute approximate surface area is 223 Å². The van der Waals surface area contributed by atoms with Gasteiger partial charge in [-0.1, -0.05) is 6.07 Å². The molecule has 0 atom stereocenters. The first-order valence-electron chi connectivity index (χ1n) is 13.7. The highest BCUT2D eigenvalue weighted by molar-refractivity contribution is 6.00. The Bertz CT molecular complexity index is 1470. The zero-order valence-electron chi connectivity index (χ0n) is 23.7. The molecule has 3 aromatic rings. The number of para-hydroxylation sites is 1. The number of amides is 3. The number of carbonyl (C=O) groups is 3. The summed E-state index contributed by atoms with van der Waals surface area (Å²) in [6.45, 7) is -1.33. The van der Waals surface area contributed by atoms with E-state index in [9.17, 15) is 14.4 Å². The highest BCUT2D eigenvalue weighted by atomic mass is 16.5. The lowest BCUT2D eigenvalue weighted by Gasteiger charge is -2.17. The standard InChI is InChI=1S/C26H28N8O4/c1-27-25(36)21-19(12-20(32-33-21)31-24(35)15-8-9-15)30-18-7-5-6-17(22(18)38-2)23-28-13-16(14-29-23)26(37)34-10-3-4-11-34/h5-7,12-15H,3-4,8-11H2,1-2H3,(H,27,36)(H2,30,31,32,35)/i1D3. The molecule has 2 fully saturated rings. The molecule has 1 aliphatic carbocycles. The van der Waals surface area contributed by atoms with Gasteiger partial charge in [0.05, 0.1) is 29.6 Å². The zero-order valence-corrected chi connectivity index (χ0v) is 20.7. The Morgan fingerprint density at radius 2 is 1.84 bits per heavy atom. The first-order chi connectivity index (χ1) is 19.6. The smallest absolute Gasteiger partial charge is 0.273 e. The van der Waals surface area contributed by atoms with Crippen LogP contribution in [0.4, 0.5) is 17.2 Å². The number of hydrogen-bond donors (Lipinski definition) is 3. The molecule has 38 heavy (non-hydrogen) atoms. The molecule has 0 spiro atoms. The minimum absolute atomic E-state index is 0.0794. The van der Waals surface area contributed by atoms with Gasteiger partial charge in [-0.15, -0.1) is 10.2 Å². The summed E-state index contributed by atoms with van der Waals surface area (Å²) in [5, 5.41) is 15.4. The summed E-state index contributed by atoms with van der Waals surface area (Å²) >= 11 is 0. The fraction of sp³-hybridized carbons (Fsp3) is 0.346. The molecule has 0 radical (unpaired) electrons. The second-order valence-corrected chi connectivity index (χ2v) is 9.02. The van der Waals surface area contributed by atoms with E-state index in [0.717, 1.165) is 25.7 Å². The third kappa shape index (κ3) is 5.24. The highest BCUT2D eigenvalue weighted by Gasteiger charge is 2.30. The summed E-state index contributed by atoms with van der Waals surface area (Å²) in [6.07, 6.45) is 6.46. The fourth-order valence-corrected chi connectivity index (χ4v) is 4.21. The van der Waals surface area contributed by atoms with E-state index in [1.165, 1.54) is 25.6 Å². The van der Waals surface area contributed by atoms with Crippen LogP contribution >= 0.6 is 0 Å². The zero-order chi connectivity index (χ0) is 29.1. The van der Waals surface area contributed by atoms with E-state index >= 15 is 0 Å². The van der Waals surface area contributed by atoms with Crippen LogP contribution in [-0.2, 0) is 4.79 Å². The van der Waals surface area contributed by atoms with Gasteiger partial charge in [0.2, 0.25) is 5.91 Å². The molecule has 0 unspecified atom stereocenters. The molecular formula is C26H28N8O4. The average molecular weight is 520 g/mol. The predicted octanol–water partition coefficient (Wildman–Crippen LogP) is 2.63. The number of nitrogens with zero attached hydrogens (tertiary/aromatic N) is 5. The van der Waals surface area contributed by atoms with E-state index < -0.39 is 12.9 Å². The van der Waals surface area contributed by atoms with Crippen LogP contribution in [0.1, 0.15) is 50.6 Å². The maximum atomic E-state index is 12.8. The summed E-state index contributed by atoms with van der Waals surface area (Å²) in [5.41, 5.74) is 1.03. The first-order valence-corrected chi connectivity index (χ1v) is 12.2. The number of anilines is 3. The van der Waals surface area contributed by atoms with Crippen molar-refractivity contribution in [2.75, 3.05) is 37.8 Å². The third-order valence-corrected chi connectivity index (χ3v) is 6.34. The molecule has 12 nitrogen and oxygen atoms in total. The monoisotopic (exact) mass is 519 g/mol. The van der Waals surface area contributed by atoms with E-state index in [2.05, 4.69) is 30.8 Å². The molecule has 2 aliphatic rings. The summed E-state index contributed by atoms with van der Waals surface area (Å²) in [4.78, 5) is 48.3. The largest absolute Gasteiger partial charge is 0.494 e. The van der Waals surface area contributed by atoms with Gasteiger partial charge in [-0.3, -0.25) is 14.4 Å². The molecule has 2 aromatic heterocycles. The summed E-state index contributed by atoms with van der Waals surface area (Å²) < 4.78 is 27.8. The Kier molecular flexibility index (Phi) is 6.10. The first kappa shape index (κ1) is 21.5. The van der Waals surface area contributed by atoms with Gasteiger partial charge in [0.25, 0.3) is 11.8 Å². The molecule has 3 N–H and O–H groups in total. The van der Waals surface area contributed by atoms with Crippen molar-refractivity contribution in [3.63, 3.8) is 0 Å². The van der Waals surface area contributed by atoms with Crippen LogP contribution in [0.3, 0.4) is 0 Å². The van der Waals surface area contributed by atoms with Gasteiger partial charge < -0.3 is 25.6 Å². The van der Waals surface area contributed by atoms with E-state index in [0.29, 0.717) is 41.5 Å². The van der Waals surface area contributed by atoms with Crippen molar-refractivity contribution < 1.29 is 23.2 Å². The van der Waals surface area contributed by atoms with E-state index in [-0.39, 0.29) is 34.9 Å². The van der Waals surface area contributed by atoms with Gasteiger partial charge in [0.1, 0.15) is 0 Å². The number of likely N-dealkylation sites (tertiary alicyclic amines) is 1. The van der Waals surface area contributed by atoms with Crippen molar-refractivity contribution in [3.8, 4) is 17.1 Å².